The Hall–Kier alpha value is -0.910. The zero-order valence-corrected chi connectivity index (χ0v) is 13.1. The van der Waals surface area contributed by atoms with Gasteiger partial charge in [-0.25, -0.2) is 0 Å². The molecule has 0 aliphatic carbocycles. The van der Waals surface area contributed by atoms with Crippen molar-refractivity contribution in [1.29, 1.82) is 0 Å². The Morgan fingerprint density at radius 1 is 1.60 bits per heavy atom. The standard InChI is InChI=1S/C15H22N2O2S/c1-4-15(3)14(18)17(11-7-8-19-10(11)2)13(16-15)12-6-5-9-20-12/h5-6,9-11,13,16H,4,7-8H2,1-3H3. The number of thiophene rings is 1. The van der Waals surface area contributed by atoms with Gasteiger partial charge in [-0.15, -0.1) is 11.3 Å². The Balaban J connectivity index is 1.96. The molecule has 20 heavy (non-hydrogen) atoms. The number of hydrogen-bond acceptors (Lipinski definition) is 4. The third-order valence-corrected chi connectivity index (χ3v) is 5.58. The van der Waals surface area contributed by atoms with Crippen LogP contribution in [0.5, 0.6) is 0 Å². The molecule has 1 N–H and O–H groups in total. The van der Waals surface area contributed by atoms with Crippen LogP contribution >= 0.6 is 11.3 Å². The molecule has 5 heteroatoms. The molecule has 0 aromatic carbocycles. The van der Waals surface area contributed by atoms with Gasteiger partial charge in [-0.2, -0.15) is 0 Å². The molecular formula is C15H22N2O2S. The lowest BCUT2D eigenvalue weighted by molar-refractivity contribution is -0.136. The van der Waals surface area contributed by atoms with Gasteiger partial charge >= 0.3 is 0 Å². The van der Waals surface area contributed by atoms with E-state index in [-0.39, 0.29) is 24.2 Å². The number of rotatable bonds is 3. The molecule has 1 amide bonds. The Labute approximate surface area is 124 Å². The van der Waals surface area contributed by atoms with Gasteiger partial charge in [0.15, 0.2) is 0 Å². The molecule has 1 aromatic heterocycles. The van der Waals surface area contributed by atoms with Crippen molar-refractivity contribution in [1.82, 2.24) is 10.2 Å². The summed E-state index contributed by atoms with van der Waals surface area (Å²) in [6.45, 7) is 6.89. The monoisotopic (exact) mass is 294 g/mol. The summed E-state index contributed by atoms with van der Waals surface area (Å²) in [6, 6.07) is 4.32. The van der Waals surface area contributed by atoms with Gasteiger partial charge < -0.3 is 9.64 Å². The van der Waals surface area contributed by atoms with Crippen molar-refractivity contribution < 1.29 is 9.53 Å². The lowest BCUT2D eigenvalue weighted by Gasteiger charge is -2.31. The maximum Gasteiger partial charge on any atom is 0.244 e. The highest BCUT2D eigenvalue weighted by atomic mass is 32.1. The molecule has 4 atom stereocenters. The molecule has 3 rings (SSSR count). The molecule has 3 heterocycles. The zero-order chi connectivity index (χ0) is 14.3. The molecular weight excluding hydrogens is 272 g/mol. The van der Waals surface area contributed by atoms with Crippen molar-refractivity contribution in [2.24, 2.45) is 0 Å². The molecule has 2 aliphatic heterocycles. The van der Waals surface area contributed by atoms with Gasteiger partial charge in [0.05, 0.1) is 17.7 Å². The van der Waals surface area contributed by atoms with Crippen molar-refractivity contribution in [3.05, 3.63) is 22.4 Å². The number of carbonyl (C=O) groups is 1. The molecule has 0 spiro atoms. The minimum absolute atomic E-state index is 0.0124. The first-order valence-electron chi connectivity index (χ1n) is 7.32. The molecule has 2 saturated heterocycles. The summed E-state index contributed by atoms with van der Waals surface area (Å²) < 4.78 is 5.68. The summed E-state index contributed by atoms with van der Waals surface area (Å²) in [5, 5.41) is 5.61. The van der Waals surface area contributed by atoms with Gasteiger partial charge in [-0.1, -0.05) is 13.0 Å². The number of ether oxygens (including phenoxy) is 1. The van der Waals surface area contributed by atoms with Crippen molar-refractivity contribution in [3.63, 3.8) is 0 Å². The summed E-state index contributed by atoms with van der Waals surface area (Å²) >= 11 is 1.70. The fourth-order valence-electron chi connectivity index (χ4n) is 3.17. The van der Waals surface area contributed by atoms with Crippen LogP contribution in [0, 0.1) is 0 Å². The van der Waals surface area contributed by atoms with E-state index in [2.05, 4.69) is 30.6 Å². The third kappa shape index (κ3) is 2.08. The van der Waals surface area contributed by atoms with Gasteiger partial charge in [0.1, 0.15) is 6.17 Å². The van der Waals surface area contributed by atoms with Crippen LogP contribution in [0.4, 0.5) is 0 Å². The van der Waals surface area contributed by atoms with E-state index >= 15 is 0 Å². The molecule has 0 radical (unpaired) electrons. The van der Waals surface area contributed by atoms with Crippen LogP contribution in [0.1, 0.15) is 44.7 Å². The summed E-state index contributed by atoms with van der Waals surface area (Å²) in [5.74, 6) is 0.209. The van der Waals surface area contributed by atoms with Crippen LogP contribution in [-0.2, 0) is 9.53 Å². The molecule has 0 bridgehead atoms. The van der Waals surface area contributed by atoms with Crippen LogP contribution in [0.3, 0.4) is 0 Å². The van der Waals surface area contributed by atoms with E-state index in [4.69, 9.17) is 4.74 Å². The summed E-state index contributed by atoms with van der Waals surface area (Å²) in [5.41, 5.74) is -0.461. The Kier molecular flexibility index (Phi) is 3.60. The van der Waals surface area contributed by atoms with Crippen LogP contribution in [0.15, 0.2) is 17.5 Å². The molecule has 110 valence electrons. The quantitative estimate of drug-likeness (QED) is 0.931. The topological polar surface area (TPSA) is 41.6 Å². The van der Waals surface area contributed by atoms with E-state index < -0.39 is 5.54 Å². The smallest absolute Gasteiger partial charge is 0.244 e. The Bertz CT molecular complexity index is 490. The first-order chi connectivity index (χ1) is 9.57. The molecule has 2 fully saturated rings. The number of nitrogens with one attached hydrogen (secondary N) is 1. The second-order valence-electron chi connectivity index (χ2n) is 5.89. The van der Waals surface area contributed by atoms with Crippen LogP contribution in [0.2, 0.25) is 0 Å². The minimum atomic E-state index is -0.461. The van der Waals surface area contributed by atoms with E-state index in [1.807, 2.05) is 17.9 Å². The fourth-order valence-corrected chi connectivity index (χ4v) is 3.94. The van der Waals surface area contributed by atoms with Crippen LogP contribution < -0.4 is 5.32 Å². The predicted molar refractivity (Wildman–Crippen MR) is 79.6 cm³/mol. The highest BCUT2D eigenvalue weighted by molar-refractivity contribution is 7.10. The minimum Gasteiger partial charge on any atom is -0.376 e. The lowest BCUT2D eigenvalue weighted by atomic mass is 9.98. The van der Waals surface area contributed by atoms with Crippen LogP contribution in [0.25, 0.3) is 0 Å². The van der Waals surface area contributed by atoms with Gasteiger partial charge in [-0.05, 0) is 38.1 Å². The van der Waals surface area contributed by atoms with E-state index in [0.717, 1.165) is 19.4 Å². The zero-order valence-electron chi connectivity index (χ0n) is 12.3. The number of hydrogen-bond donors (Lipinski definition) is 1. The molecule has 4 nitrogen and oxygen atoms in total. The van der Waals surface area contributed by atoms with E-state index in [1.54, 1.807) is 11.3 Å². The molecule has 1 aromatic rings. The molecule has 4 unspecified atom stereocenters. The Morgan fingerprint density at radius 2 is 2.40 bits per heavy atom. The third-order valence-electron chi connectivity index (χ3n) is 4.65. The second-order valence-corrected chi connectivity index (χ2v) is 6.87. The maximum absolute atomic E-state index is 12.9. The molecule has 2 aliphatic rings. The predicted octanol–water partition coefficient (Wildman–Crippen LogP) is 2.52. The highest BCUT2D eigenvalue weighted by Crippen LogP contribution is 2.38. The number of amides is 1. The summed E-state index contributed by atoms with van der Waals surface area (Å²) in [6.07, 6.45) is 1.83. The van der Waals surface area contributed by atoms with Crippen molar-refractivity contribution in [3.8, 4) is 0 Å². The highest BCUT2D eigenvalue weighted by Gasteiger charge is 2.51. The van der Waals surface area contributed by atoms with Crippen molar-refractivity contribution in [2.75, 3.05) is 6.61 Å². The first kappa shape index (κ1) is 14.0. The van der Waals surface area contributed by atoms with E-state index in [9.17, 15) is 4.79 Å². The summed E-state index contributed by atoms with van der Waals surface area (Å²) in [4.78, 5) is 16.1. The van der Waals surface area contributed by atoms with E-state index in [0.29, 0.717) is 0 Å². The SMILES string of the molecule is CCC1(C)NC(c2cccs2)N(C2CCOC2C)C1=O. The molecule has 0 saturated carbocycles. The Morgan fingerprint density at radius 3 is 2.95 bits per heavy atom. The van der Waals surface area contributed by atoms with Crippen molar-refractivity contribution >= 4 is 17.2 Å². The number of carbonyl (C=O) groups excluding carboxylic acids is 1. The van der Waals surface area contributed by atoms with Crippen molar-refractivity contribution in [2.45, 2.75) is 57.5 Å². The van der Waals surface area contributed by atoms with Gasteiger partial charge in [0.2, 0.25) is 5.91 Å². The number of nitrogens with zero attached hydrogens (tertiary/aromatic N) is 1. The average molecular weight is 294 g/mol. The normalized spacial score (nSPS) is 37.9. The van der Waals surface area contributed by atoms with Crippen LogP contribution in [-0.4, -0.2) is 35.1 Å². The second kappa shape index (κ2) is 5.13. The van der Waals surface area contributed by atoms with Gasteiger partial charge in [0, 0.05) is 11.5 Å². The fraction of sp³-hybridized carbons (Fsp3) is 0.667. The van der Waals surface area contributed by atoms with Gasteiger partial charge in [0.25, 0.3) is 0 Å². The largest absolute Gasteiger partial charge is 0.376 e. The maximum atomic E-state index is 12.9. The summed E-state index contributed by atoms with van der Waals surface area (Å²) in [7, 11) is 0. The average Bonchev–Trinajstić information content (AvgIpc) is 3.13. The lowest BCUT2D eigenvalue weighted by Crippen LogP contribution is -2.46. The first-order valence-corrected chi connectivity index (χ1v) is 8.20. The van der Waals surface area contributed by atoms with Gasteiger partial charge in [-0.3, -0.25) is 10.1 Å². The van der Waals surface area contributed by atoms with E-state index in [1.165, 1.54) is 4.88 Å².